The Labute approximate surface area is 120 Å². The minimum atomic E-state index is -3.17. The molecule has 4 nitrogen and oxygen atoms in total. The Bertz CT molecular complexity index is 700. The van der Waals surface area contributed by atoms with Crippen molar-refractivity contribution in [3.63, 3.8) is 0 Å². The molecule has 0 atom stereocenters. The number of sulfone groups is 1. The summed E-state index contributed by atoms with van der Waals surface area (Å²) in [5.41, 5.74) is 6.07. The van der Waals surface area contributed by atoms with Gasteiger partial charge in [0.15, 0.2) is 9.84 Å². The van der Waals surface area contributed by atoms with Gasteiger partial charge in [0.05, 0.1) is 21.8 Å². The molecule has 2 aromatic rings. The minimum absolute atomic E-state index is 0.285. The molecule has 0 amide bonds. The van der Waals surface area contributed by atoms with Crippen molar-refractivity contribution in [1.29, 1.82) is 0 Å². The van der Waals surface area contributed by atoms with Crippen LogP contribution in [0.4, 0.5) is 5.69 Å². The molecule has 0 radical (unpaired) electrons. The van der Waals surface area contributed by atoms with Crippen LogP contribution < -0.4 is 5.73 Å². The maximum atomic E-state index is 11.3. The van der Waals surface area contributed by atoms with Crippen molar-refractivity contribution in [2.45, 2.75) is 14.8 Å². The van der Waals surface area contributed by atoms with E-state index in [1.807, 2.05) is 0 Å². The number of benzene rings is 1. The first-order valence-electron chi connectivity index (χ1n) is 5.25. The highest BCUT2D eigenvalue weighted by molar-refractivity contribution is 7.99. The molecule has 0 aliphatic heterocycles. The van der Waals surface area contributed by atoms with Crippen molar-refractivity contribution in [2.24, 2.45) is 0 Å². The third-order valence-electron chi connectivity index (χ3n) is 2.29. The fraction of sp³-hybridized carbons (Fsp3) is 0.0833. The van der Waals surface area contributed by atoms with Crippen molar-refractivity contribution in [1.82, 2.24) is 4.98 Å². The standard InChI is InChI=1S/C12H11ClN2O2S2/c1-19(16,17)10-4-2-9(3-5-10)18-12-11(13)6-8(14)7-15-12/h2-7H,14H2,1H3. The van der Waals surface area contributed by atoms with Gasteiger partial charge in [-0.15, -0.1) is 0 Å². The molecule has 7 heteroatoms. The number of rotatable bonds is 3. The Balaban J connectivity index is 2.25. The predicted molar refractivity (Wildman–Crippen MR) is 77.3 cm³/mol. The van der Waals surface area contributed by atoms with Crippen molar-refractivity contribution >= 4 is 38.9 Å². The summed E-state index contributed by atoms with van der Waals surface area (Å²) < 4.78 is 22.7. The zero-order chi connectivity index (χ0) is 14.0. The molecule has 1 aromatic carbocycles. The molecule has 1 aromatic heterocycles. The Kier molecular flexibility index (Phi) is 4.03. The SMILES string of the molecule is CS(=O)(=O)c1ccc(Sc2ncc(N)cc2Cl)cc1. The van der Waals surface area contributed by atoms with E-state index >= 15 is 0 Å². The molecule has 0 bridgehead atoms. The van der Waals surface area contributed by atoms with Gasteiger partial charge in [-0.2, -0.15) is 0 Å². The van der Waals surface area contributed by atoms with Crippen molar-refractivity contribution in [3.8, 4) is 0 Å². The van der Waals surface area contributed by atoms with Crippen LogP contribution in [0.15, 0.2) is 51.3 Å². The summed E-state index contributed by atoms with van der Waals surface area (Å²) in [7, 11) is -3.17. The van der Waals surface area contributed by atoms with Crippen LogP contribution >= 0.6 is 23.4 Å². The van der Waals surface area contributed by atoms with Gasteiger partial charge in [-0.1, -0.05) is 23.4 Å². The normalized spacial score (nSPS) is 11.5. The van der Waals surface area contributed by atoms with E-state index in [9.17, 15) is 8.42 Å². The lowest BCUT2D eigenvalue weighted by Gasteiger charge is -2.05. The van der Waals surface area contributed by atoms with E-state index in [0.717, 1.165) is 4.90 Å². The van der Waals surface area contributed by atoms with Crippen LogP contribution in [0, 0.1) is 0 Å². The highest BCUT2D eigenvalue weighted by Crippen LogP contribution is 2.32. The second-order valence-electron chi connectivity index (χ2n) is 3.90. The molecule has 0 aliphatic carbocycles. The predicted octanol–water partition coefficient (Wildman–Crippen LogP) is 2.87. The van der Waals surface area contributed by atoms with Crippen LogP contribution in [0.3, 0.4) is 0 Å². The van der Waals surface area contributed by atoms with Gasteiger partial charge in [0.1, 0.15) is 5.03 Å². The highest BCUT2D eigenvalue weighted by Gasteiger charge is 2.08. The van der Waals surface area contributed by atoms with Gasteiger partial charge in [0.2, 0.25) is 0 Å². The monoisotopic (exact) mass is 314 g/mol. The Morgan fingerprint density at radius 3 is 2.42 bits per heavy atom. The van der Waals surface area contributed by atoms with Crippen LogP contribution in [-0.4, -0.2) is 19.7 Å². The van der Waals surface area contributed by atoms with E-state index in [1.54, 1.807) is 30.3 Å². The van der Waals surface area contributed by atoms with Crippen LogP contribution in [-0.2, 0) is 9.84 Å². The van der Waals surface area contributed by atoms with Crippen LogP contribution in [0.2, 0.25) is 5.02 Å². The number of nitrogen functional groups attached to an aromatic ring is 1. The van der Waals surface area contributed by atoms with E-state index < -0.39 is 9.84 Å². The van der Waals surface area contributed by atoms with Gasteiger partial charge in [0.25, 0.3) is 0 Å². The van der Waals surface area contributed by atoms with E-state index in [0.29, 0.717) is 15.7 Å². The Hall–Kier alpha value is -1.24. The third-order valence-corrected chi connectivity index (χ3v) is 4.85. The van der Waals surface area contributed by atoms with Crippen LogP contribution in [0.5, 0.6) is 0 Å². The van der Waals surface area contributed by atoms with Crippen molar-refractivity contribution in [2.75, 3.05) is 12.0 Å². The van der Waals surface area contributed by atoms with E-state index in [1.165, 1.54) is 24.2 Å². The zero-order valence-electron chi connectivity index (χ0n) is 10.00. The molecule has 2 rings (SSSR count). The first-order chi connectivity index (χ1) is 8.86. The van der Waals surface area contributed by atoms with Crippen LogP contribution in [0.25, 0.3) is 0 Å². The minimum Gasteiger partial charge on any atom is -0.397 e. The van der Waals surface area contributed by atoms with E-state index in [4.69, 9.17) is 17.3 Å². The molecule has 0 aliphatic rings. The molecule has 100 valence electrons. The van der Waals surface area contributed by atoms with E-state index in [2.05, 4.69) is 4.98 Å². The summed E-state index contributed by atoms with van der Waals surface area (Å²) in [6.45, 7) is 0. The van der Waals surface area contributed by atoms with Gasteiger partial charge in [0, 0.05) is 11.2 Å². The lowest BCUT2D eigenvalue weighted by molar-refractivity contribution is 0.602. The summed E-state index contributed by atoms with van der Waals surface area (Å²) in [5, 5.41) is 1.10. The first kappa shape index (κ1) is 14.2. The van der Waals surface area contributed by atoms with Crippen molar-refractivity contribution < 1.29 is 8.42 Å². The molecule has 0 saturated carbocycles. The molecule has 1 heterocycles. The molecule has 0 fully saturated rings. The third kappa shape index (κ3) is 3.62. The smallest absolute Gasteiger partial charge is 0.175 e. The number of aromatic nitrogens is 1. The Morgan fingerprint density at radius 1 is 1.26 bits per heavy atom. The average molecular weight is 315 g/mol. The fourth-order valence-corrected chi connectivity index (χ4v) is 3.06. The first-order valence-corrected chi connectivity index (χ1v) is 8.34. The molecule has 2 N–H and O–H groups in total. The topological polar surface area (TPSA) is 73.0 Å². The lowest BCUT2D eigenvalue weighted by atomic mass is 10.4. The second-order valence-corrected chi connectivity index (χ2v) is 7.39. The summed E-state index contributed by atoms with van der Waals surface area (Å²) in [4.78, 5) is 5.27. The van der Waals surface area contributed by atoms with Crippen molar-refractivity contribution in [3.05, 3.63) is 41.6 Å². The Morgan fingerprint density at radius 2 is 1.89 bits per heavy atom. The quantitative estimate of drug-likeness (QED) is 0.943. The lowest BCUT2D eigenvalue weighted by Crippen LogP contribution is -1.96. The summed E-state index contributed by atoms with van der Waals surface area (Å²) in [6, 6.07) is 8.18. The van der Waals surface area contributed by atoms with Crippen LogP contribution in [0.1, 0.15) is 0 Å². The summed E-state index contributed by atoms with van der Waals surface area (Å²) >= 11 is 7.37. The van der Waals surface area contributed by atoms with Gasteiger partial charge < -0.3 is 5.73 Å². The number of pyridine rings is 1. The molecule has 0 saturated heterocycles. The molecular weight excluding hydrogens is 304 g/mol. The molecule has 0 unspecified atom stereocenters. The van der Waals surface area contributed by atoms with Gasteiger partial charge in [-0.3, -0.25) is 0 Å². The number of anilines is 1. The fourth-order valence-electron chi connectivity index (χ4n) is 1.38. The number of hydrogen-bond donors (Lipinski definition) is 1. The van der Waals surface area contributed by atoms with E-state index in [-0.39, 0.29) is 4.90 Å². The maximum Gasteiger partial charge on any atom is 0.175 e. The average Bonchev–Trinajstić information content (AvgIpc) is 2.32. The number of hydrogen-bond acceptors (Lipinski definition) is 5. The number of nitrogens with zero attached hydrogens (tertiary/aromatic N) is 1. The highest BCUT2D eigenvalue weighted by atomic mass is 35.5. The zero-order valence-corrected chi connectivity index (χ0v) is 12.4. The molecule has 0 spiro atoms. The number of nitrogens with two attached hydrogens (primary N) is 1. The molecular formula is C12H11ClN2O2S2. The van der Waals surface area contributed by atoms with Gasteiger partial charge in [-0.05, 0) is 30.3 Å². The largest absolute Gasteiger partial charge is 0.397 e. The number of halogens is 1. The second kappa shape index (κ2) is 5.40. The summed E-state index contributed by atoms with van der Waals surface area (Å²) in [5.74, 6) is 0. The molecule has 19 heavy (non-hydrogen) atoms. The maximum absolute atomic E-state index is 11.3. The summed E-state index contributed by atoms with van der Waals surface area (Å²) in [6.07, 6.45) is 2.70. The van der Waals surface area contributed by atoms with Gasteiger partial charge >= 0.3 is 0 Å². The van der Waals surface area contributed by atoms with Gasteiger partial charge in [-0.25, -0.2) is 13.4 Å².